The van der Waals surface area contributed by atoms with Crippen molar-refractivity contribution in [3.05, 3.63) is 35.4 Å². The SMILES string of the molecule is CCCc1ccc(C(O)C2CCCCCCC2)cc1. The molecule has 1 aromatic carbocycles. The second-order valence-corrected chi connectivity index (χ2v) is 6.04. The van der Waals surface area contributed by atoms with Crippen molar-refractivity contribution in [3.63, 3.8) is 0 Å². The fraction of sp³-hybridized carbons (Fsp3) is 0.667. The van der Waals surface area contributed by atoms with Crippen LogP contribution in [0.4, 0.5) is 0 Å². The van der Waals surface area contributed by atoms with E-state index in [0.717, 1.165) is 12.0 Å². The van der Waals surface area contributed by atoms with Crippen LogP contribution in [0.2, 0.25) is 0 Å². The van der Waals surface area contributed by atoms with E-state index in [2.05, 4.69) is 31.2 Å². The minimum atomic E-state index is -0.256. The lowest BCUT2D eigenvalue weighted by molar-refractivity contribution is 0.0912. The van der Waals surface area contributed by atoms with Gasteiger partial charge in [-0.05, 0) is 36.3 Å². The Morgan fingerprint density at radius 1 is 1.00 bits per heavy atom. The van der Waals surface area contributed by atoms with Gasteiger partial charge < -0.3 is 5.11 Å². The van der Waals surface area contributed by atoms with Gasteiger partial charge in [0.05, 0.1) is 6.10 Å². The lowest BCUT2D eigenvalue weighted by Crippen LogP contribution is -2.14. The Balaban J connectivity index is 1.98. The summed E-state index contributed by atoms with van der Waals surface area (Å²) in [4.78, 5) is 0. The smallest absolute Gasteiger partial charge is 0.0818 e. The standard InChI is InChI=1S/C18H28O/c1-2-8-15-11-13-17(14-12-15)18(19)16-9-6-4-3-5-7-10-16/h11-14,16,18-19H,2-10H2,1H3. The van der Waals surface area contributed by atoms with Gasteiger partial charge in [0, 0.05) is 0 Å². The molecule has 19 heavy (non-hydrogen) atoms. The van der Waals surface area contributed by atoms with Gasteiger partial charge in [-0.25, -0.2) is 0 Å². The summed E-state index contributed by atoms with van der Waals surface area (Å²) in [5.74, 6) is 0.470. The van der Waals surface area contributed by atoms with Gasteiger partial charge in [0.1, 0.15) is 0 Å². The fourth-order valence-corrected chi connectivity index (χ4v) is 3.25. The number of aliphatic hydroxyl groups is 1. The zero-order chi connectivity index (χ0) is 13.5. The van der Waals surface area contributed by atoms with Crippen LogP contribution in [0.3, 0.4) is 0 Å². The number of hydrogen-bond donors (Lipinski definition) is 1. The molecule has 1 aliphatic carbocycles. The van der Waals surface area contributed by atoms with Crippen LogP contribution in [-0.4, -0.2) is 5.11 Å². The minimum absolute atomic E-state index is 0.256. The zero-order valence-corrected chi connectivity index (χ0v) is 12.3. The van der Waals surface area contributed by atoms with Crippen LogP contribution < -0.4 is 0 Å². The highest BCUT2D eigenvalue weighted by molar-refractivity contribution is 5.24. The first-order valence-electron chi connectivity index (χ1n) is 8.08. The number of aliphatic hydroxyl groups excluding tert-OH is 1. The molecule has 1 atom stereocenters. The molecule has 1 saturated carbocycles. The maximum absolute atomic E-state index is 10.6. The molecule has 106 valence electrons. The molecule has 0 radical (unpaired) electrons. The van der Waals surface area contributed by atoms with Gasteiger partial charge in [-0.15, -0.1) is 0 Å². The molecule has 1 nitrogen and oxygen atoms in total. The third-order valence-electron chi connectivity index (χ3n) is 4.46. The van der Waals surface area contributed by atoms with E-state index in [0.29, 0.717) is 5.92 Å². The number of rotatable bonds is 4. The third kappa shape index (κ3) is 4.35. The lowest BCUT2D eigenvalue weighted by Gasteiger charge is -2.25. The van der Waals surface area contributed by atoms with Crippen LogP contribution >= 0.6 is 0 Å². The van der Waals surface area contributed by atoms with E-state index in [1.165, 1.54) is 56.9 Å². The Morgan fingerprint density at radius 3 is 2.16 bits per heavy atom. The molecule has 0 bridgehead atoms. The van der Waals surface area contributed by atoms with Gasteiger partial charge in [-0.3, -0.25) is 0 Å². The summed E-state index contributed by atoms with van der Waals surface area (Å²) in [5.41, 5.74) is 2.50. The largest absolute Gasteiger partial charge is 0.388 e. The molecular weight excluding hydrogens is 232 g/mol. The van der Waals surface area contributed by atoms with Crippen LogP contribution in [0.15, 0.2) is 24.3 Å². The zero-order valence-electron chi connectivity index (χ0n) is 12.3. The van der Waals surface area contributed by atoms with Gasteiger partial charge in [-0.2, -0.15) is 0 Å². The third-order valence-corrected chi connectivity index (χ3v) is 4.46. The molecule has 1 aromatic rings. The van der Waals surface area contributed by atoms with Gasteiger partial charge in [0.25, 0.3) is 0 Å². The molecule has 0 aromatic heterocycles. The van der Waals surface area contributed by atoms with Crippen LogP contribution in [-0.2, 0) is 6.42 Å². The molecule has 1 fully saturated rings. The molecular formula is C18H28O. The van der Waals surface area contributed by atoms with Crippen LogP contribution in [0.25, 0.3) is 0 Å². The molecule has 1 unspecified atom stereocenters. The maximum Gasteiger partial charge on any atom is 0.0818 e. The van der Waals surface area contributed by atoms with Gasteiger partial charge in [0.2, 0.25) is 0 Å². The van der Waals surface area contributed by atoms with Crippen molar-refractivity contribution in [3.8, 4) is 0 Å². The van der Waals surface area contributed by atoms with Gasteiger partial charge >= 0.3 is 0 Å². The van der Waals surface area contributed by atoms with Gasteiger partial charge in [-0.1, -0.05) is 69.7 Å². The number of hydrogen-bond acceptors (Lipinski definition) is 1. The average molecular weight is 260 g/mol. The normalized spacial score (nSPS) is 19.7. The highest BCUT2D eigenvalue weighted by atomic mass is 16.3. The van der Waals surface area contributed by atoms with E-state index in [-0.39, 0.29) is 6.10 Å². The maximum atomic E-state index is 10.6. The van der Waals surface area contributed by atoms with E-state index in [1.54, 1.807) is 0 Å². The predicted molar refractivity (Wildman–Crippen MR) is 81.2 cm³/mol. The van der Waals surface area contributed by atoms with Crippen molar-refractivity contribution in [2.75, 3.05) is 0 Å². The highest BCUT2D eigenvalue weighted by Crippen LogP contribution is 2.32. The number of benzene rings is 1. The average Bonchev–Trinajstić information content (AvgIpc) is 2.39. The molecule has 0 amide bonds. The van der Waals surface area contributed by atoms with Crippen molar-refractivity contribution in [2.45, 2.75) is 70.8 Å². The fourth-order valence-electron chi connectivity index (χ4n) is 3.25. The van der Waals surface area contributed by atoms with Crippen LogP contribution in [0, 0.1) is 5.92 Å². The Hall–Kier alpha value is -0.820. The summed E-state index contributed by atoms with van der Waals surface area (Å²) < 4.78 is 0. The number of aryl methyl sites for hydroxylation is 1. The van der Waals surface area contributed by atoms with E-state index < -0.39 is 0 Å². The topological polar surface area (TPSA) is 20.2 Å². The quantitative estimate of drug-likeness (QED) is 0.804. The van der Waals surface area contributed by atoms with Crippen LogP contribution in [0.1, 0.15) is 75.5 Å². The second kappa shape index (κ2) is 7.69. The summed E-state index contributed by atoms with van der Waals surface area (Å²) in [6.45, 7) is 2.21. The first-order valence-corrected chi connectivity index (χ1v) is 8.08. The van der Waals surface area contributed by atoms with Crippen molar-refractivity contribution < 1.29 is 5.11 Å². The summed E-state index contributed by atoms with van der Waals surface area (Å²) in [5, 5.41) is 10.6. The molecule has 2 rings (SSSR count). The summed E-state index contributed by atoms with van der Waals surface area (Å²) in [6.07, 6.45) is 11.1. The first-order chi connectivity index (χ1) is 9.31. The van der Waals surface area contributed by atoms with Crippen LogP contribution in [0.5, 0.6) is 0 Å². The van der Waals surface area contributed by atoms with E-state index in [4.69, 9.17) is 0 Å². The van der Waals surface area contributed by atoms with Crippen molar-refractivity contribution in [2.24, 2.45) is 5.92 Å². The Kier molecular flexibility index (Phi) is 5.91. The molecule has 0 saturated heterocycles. The molecule has 0 spiro atoms. The van der Waals surface area contributed by atoms with E-state index in [9.17, 15) is 5.11 Å². The summed E-state index contributed by atoms with van der Waals surface area (Å²) in [7, 11) is 0. The van der Waals surface area contributed by atoms with Crippen molar-refractivity contribution in [1.29, 1.82) is 0 Å². The lowest BCUT2D eigenvalue weighted by atomic mass is 9.84. The monoisotopic (exact) mass is 260 g/mol. The minimum Gasteiger partial charge on any atom is -0.388 e. The van der Waals surface area contributed by atoms with Crippen molar-refractivity contribution in [1.82, 2.24) is 0 Å². The van der Waals surface area contributed by atoms with E-state index >= 15 is 0 Å². The summed E-state index contributed by atoms with van der Waals surface area (Å²) >= 11 is 0. The predicted octanol–water partition coefficient (Wildman–Crippen LogP) is 5.03. The van der Waals surface area contributed by atoms with Gasteiger partial charge in [0.15, 0.2) is 0 Å². The second-order valence-electron chi connectivity index (χ2n) is 6.04. The molecule has 1 aliphatic rings. The molecule has 0 heterocycles. The summed E-state index contributed by atoms with van der Waals surface area (Å²) in [6, 6.07) is 8.64. The van der Waals surface area contributed by atoms with E-state index in [1.807, 2.05) is 0 Å². The molecule has 1 heteroatoms. The Morgan fingerprint density at radius 2 is 1.58 bits per heavy atom. The Labute approximate surface area is 118 Å². The highest BCUT2D eigenvalue weighted by Gasteiger charge is 2.21. The van der Waals surface area contributed by atoms with Crippen molar-refractivity contribution >= 4 is 0 Å². The molecule has 1 N–H and O–H groups in total. The Bertz CT molecular complexity index is 346. The molecule has 0 aliphatic heterocycles. The first kappa shape index (κ1) is 14.6.